The number of carbonyl (C=O) groups excluding carboxylic acids is 3. The minimum Gasteiger partial charge on any atom is -0.480 e. The lowest BCUT2D eigenvalue weighted by atomic mass is 9.89. The number of nitrogens with zero attached hydrogens (tertiary/aromatic N) is 4. The molecule has 0 bridgehead atoms. The van der Waals surface area contributed by atoms with E-state index in [1.165, 1.54) is 19.4 Å². The van der Waals surface area contributed by atoms with Crippen molar-refractivity contribution in [3.63, 3.8) is 0 Å². The maximum Gasteiger partial charge on any atom is 0.313 e. The van der Waals surface area contributed by atoms with Crippen LogP contribution in [0.1, 0.15) is 46.7 Å². The fourth-order valence-corrected chi connectivity index (χ4v) is 5.46. The van der Waals surface area contributed by atoms with Crippen LogP contribution in [-0.2, 0) is 16.0 Å². The third kappa shape index (κ3) is 6.05. The molecule has 3 heterocycles. The molecule has 3 aromatic rings. The van der Waals surface area contributed by atoms with Crippen LogP contribution in [0.5, 0.6) is 5.88 Å². The van der Waals surface area contributed by atoms with Crippen molar-refractivity contribution >= 4 is 45.0 Å². The SMILES string of the molecule is COc1ncc(NC(=O)C(=O)N2CC(C)CCC2c2ccc3sc(CCN(C)C)nc3c2)cc1C(N)=O. The number of primary amides is 1. The van der Waals surface area contributed by atoms with Gasteiger partial charge in [-0.15, -0.1) is 11.3 Å². The van der Waals surface area contributed by atoms with Crippen LogP contribution in [0.25, 0.3) is 10.2 Å². The summed E-state index contributed by atoms with van der Waals surface area (Å²) in [4.78, 5) is 50.6. The van der Waals surface area contributed by atoms with E-state index in [1.54, 1.807) is 16.2 Å². The van der Waals surface area contributed by atoms with E-state index >= 15 is 0 Å². The summed E-state index contributed by atoms with van der Waals surface area (Å²) in [7, 11) is 5.44. The molecule has 11 heteroatoms. The molecule has 1 aromatic carbocycles. The van der Waals surface area contributed by atoms with E-state index in [9.17, 15) is 14.4 Å². The average molecular weight is 525 g/mol. The van der Waals surface area contributed by atoms with Crippen LogP contribution in [-0.4, -0.2) is 71.8 Å². The molecule has 196 valence electrons. The normalized spacial score (nSPS) is 17.7. The van der Waals surface area contributed by atoms with Gasteiger partial charge in [0.2, 0.25) is 5.88 Å². The zero-order valence-electron chi connectivity index (χ0n) is 21.5. The first kappa shape index (κ1) is 26.5. The van der Waals surface area contributed by atoms with Crippen LogP contribution in [0.3, 0.4) is 0 Å². The zero-order chi connectivity index (χ0) is 26.7. The van der Waals surface area contributed by atoms with Crippen molar-refractivity contribution in [2.24, 2.45) is 11.7 Å². The predicted molar refractivity (Wildman–Crippen MR) is 143 cm³/mol. The topological polar surface area (TPSA) is 131 Å². The second-order valence-electron chi connectivity index (χ2n) is 9.64. The molecule has 2 aromatic heterocycles. The third-order valence-electron chi connectivity index (χ3n) is 6.45. The Morgan fingerprint density at radius 3 is 2.73 bits per heavy atom. The number of piperidine rings is 1. The summed E-state index contributed by atoms with van der Waals surface area (Å²) in [5.74, 6) is -1.89. The molecule has 1 fully saturated rings. The van der Waals surface area contributed by atoms with Crippen LogP contribution in [0.15, 0.2) is 30.5 Å². The van der Waals surface area contributed by atoms with Gasteiger partial charge in [0.1, 0.15) is 5.56 Å². The Morgan fingerprint density at radius 2 is 2.03 bits per heavy atom. The fraction of sp³-hybridized carbons (Fsp3) is 0.423. The van der Waals surface area contributed by atoms with E-state index in [2.05, 4.69) is 28.2 Å². The van der Waals surface area contributed by atoms with Crippen LogP contribution >= 0.6 is 11.3 Å². The largest absolute Gasteiger partial charge is 0.480 e. The highest BCUT2D eigenvalue weighted by molar-refractivity contribution is 7.18. The van der Waals surface area contributed by atoms with Gasteiger partial charge in [0.15, 0.2) is 0 Å². The van der Waals surface area contributed by atoms with E-state index in [1.807, 2.05) is 26.2 Å². The van der Waals surface area contributed by atoms with Gasteiger partial charge in [0, 0.05) is 19.5 Å². The van der Waals surface area contributed by atoms with Gasteiger partial charge in [-0.05, 0) is 56.6 Å². The molecule has 1 aliphatic rings. The Labute approximate surface area is 219 Å². The van der Waals surface area contributed by atoms with E-state index in [0.717, 1.165) is 46.6 Å². The Morgan fingerprint density at radius 1 is 1.24 bits per heavy atom. The van der Waals surface area contributed by atoms with Crippen molar-refractivity contribution < 1.29 is 19.1 Å². The second kappa shape index (κ2) is 11.2. The molecular formula is C26H32N6O4S. The number of hydrogen-bond donors (Lipinski definition) is 2. The third-order valence-corrected chi connectivity index (χ3v) is 7.55. The number of nitrogens with two attached hydrogens (primary N) is 1. The first-order valence-corrected chi connectivity index (χ1v) is 13.0. The van der Waals surface area contributed by atoms with Gasteiger partial charge in [-0.1, -0.05) is 13.0 Å². The van der Waals surface area contributed by atoms with Crippen LogP contribution in [0.2, 0.25) is 0 Å². The smallest absolute Gasteiger partial charge is 0.313 e. The molecule has 10 nitrogen and oxygen atoms in total. The number of hydrogen-bond acceptors (Lipinski definition) is 8. The summed E-state index contributed by atoms with van der Waals surface area (Å²) >= 11 is 1.68. The number of likely N-dealkylation sites (tertiary alicyclic amines) is 1. The van der Waals surface area contributed by atoms with Gasteiger partial charge in [0.05, 0.1) is 40.3 Å². The molecule has 0 aliphatic carbocycles. The van der Waals surface area contributed by atoms with Crippen LogP contribution in [0, 0.1) is 5.92 Å². The molecule has 37 heavy (non-hydrogen) atoms. The van der Waals surface area contributed by atoms with E-state index in [4.69, 9.17) is 15.5 Å². The Bertz CT molecular complexity index is 1320. The minimum atomic E-state index is -0.804. The van der Waals surface area contributed by atoms with Gasteiger partial charge in [-0.3, -0.25) is 14.4 Å². The molecule has 0 radical (unpaired) electrons. The van der Waals surface area contributed by atoms with Gasteiger partial charge in [-0.2, -0.15) is 0 Å². The summed E-state index contributed by atoms with van der Waals surface area (Å²) in [5, 5.41) is 3.64. The summed E-state index contributed by atoms with van der Waals surface area (Å²) in [6.07, 6.45) is 3.89. The van der Waals surface area contributed by atoms with E-state index in [-0.39, 0.29) is 29.1 Å². The van der Waals surface area contributed by atoms with Crippen molar-refractivity contribution in [3.05, 3.63) is 46.6 Å². The number of fused-ring (bicyclic) bond motifs is 1. The Balaban J connectivity index is 1.55. The predicted octanol–water partition coefficient (Wildman–Crippen LogP) is 2.84. The number of methoxy groups -OCH3 is 1. The Hall–Kier alpha value is -3.57. The van der Waals surface area contributed by atoms with Crippen LogP contribution in [0.4, 0.5) is 5.69 Å². The molecule has 0 spiro atoms. The molecule has 3 amide bonds. The van der Waals surface area contributed by atoms with Crippen LogP contribution < -0.4 is 15.8 Å². The van der Waals surface area contributed by atoms with Gasteiger partial charge >= 0.3 is 11.8 Å². The molecule has 0 saturated carbocycles. The molecule has 2 atom stereocenters. The first-order valence-electron chi connectivity index (χ1n) is 12.2. The highest BCUT2D eigenvalue weighted by Gasteiger charge is 2.34. The van der Waals surface area contributed by atoms with Gasteiger partial charge in [-0.25, -0.2) is 9.97 Å². The quantitative estimate of drug-likeness (QED) is 0.455. The monoisotopic (exact) mass is 524 g/mol. The molecule has 3 N–H and O–H groups in total. The standard InChI is InChI=1S/C26H32N6O4S/c1-15-5-7-20(16-6-8-21-19(11-16)30-22(37-21)9-10-31(2)3)32(14-15)26(35)24(34)29-17-12-18(23(27)33)25(36-4)28-13-17/h6,8,11-13,15,20H,5,7,9-10,14H2,1-4H3,(H2,27,33)(H,29,34). The second-order valence-corrected chi connectivity index (χ2v) is 10.8. The zero-order valence-corrected chi connectivity index (χ0v) is 22.3. The van der Waals surface area contributed by atoms with E-state index < -0.39 is 17.7 Å². The van der Waals surface area contributed by atoms with Crippen molar-refractivity contribution in [3.8, 4) is 5.88 Å². The number of ether oxygens (including phenoxy) is 1. The maximum absolute atomic E-state index is 13.3. The number of aromatic nitrogens is 2. The molecule has 1 saturated heterocycles. The molecule has 4 rings (SSSR count). The average Bonchev–Trinajstić information content (AvgIpc) is 3.29. The van der Waals surface area contributed by atoms with Crippen molar-refractivity contribution in [1.82, 2.24) is 19.8 Å². The summed E-state index contributed by atoms with van der Waals surface area (Å²) in [5.41, 5.74) is 7.46. The lowest BCUT2D eigenvalue weighted by molar-refractivity contribution is -0.146. The fourth-order valence-electron chi connectivity index (χ4n) is 4.52. The number of benzene rings is 1. The van der Waals surface area contributed by atoms with Gasteiger partial charge < -0.3 is 25.6 Å². The highest BCUT2D eigenvalue weighted by Crippen LogP contribution is 2.35. The molecule has 1 aliphatic heterocycles. The molecular weight excluding hydrogens is 492 g/mol. The lowest BCUT2D eigenvalue weighted by Crippen LogP contribution is -2.46. The lowest BCUT2D eigenvalue weighted by Gasteiger charge is -2.38. The number of thiazole rings is 1. The first-order chi connectivity index (χ1) is 17.7. The van der Waals surface area contributed by atoms with Crippen molar-refractivity contribution in [2.75, 3.05) is 39.6 Å². The highest BCUT2D eigenvalue weighted by atomic mass is 32.1. The summed E-state index contributed by atoms with van der Waals surface area (Å²) in [6, 6.07) is 7.23. The number of anilines is 1. The van der Waals surface area contributed by atoms with Crippen molar-refractivity contribution in [2.45, 2.75) is 32.2 Å². The molecule has 2 unspecified atom stereocenters. The number of rotatable bonds is 7. The summed E-state index contributed by atoms with van der Waals surface area (Å²) in [6.45, 7) is 3.46. The van der Waals surface area contributed by atoms with Gasteiger partial charge in [0.25, 0.3) is 5.91 Å². The van der Waals surface area contributed by atoms with E-state index in [0.29, 0.717) is 6.54 Å². The van der Waals surface area contributed by atoms with Crippen molar-refractivity contribution in [1.29, 1.82) is 0 Å². The summed E-state index contributed by atoms with van der Waals surface area (Å²) < 4.78 is 6.14. The number of pyridine rings is 1. The number of likely N-dealkylation sites (N-methyl/N-ethyl adjacent to an activating group) is 1. The number of carbonyl (C=O) groups is 3. The minimum absolute atomic E-state index is 0.0127. The number of amides is 3. The maximum atomic E-state index is 13.3. The number of nitrogens with one attached hydrogen (secondary N) is 1. The Kier molecular flexibility index (Phi) is 8.03.